The van der Waals surface area contributed by atoms with Gasteiger partial charge in [0.1, 0.15) is 0 Å². The fourth-order valence-corrected chi connectivity index (χ4v) is 1.11. The van der Waals surface area contributed by atoms with Crippen LogP contribution in [-0.2, 0) is 6.42 Å². The molecule has 1 aliphatic rings. The van der Waals surface area contributed by atoms with Crippen molar-refractivity contribution in [2.45, 2.75) is 6.42 Å². The van der Waals surface area contributed by atoms with Crippen LogP contribution in [0.15, 0.2) is 30.5 Å². The predicted molar refractivity (Wildman–Crippen MR) is 41.6 cm³/mol. The molecule has 0 radical (unpaired) electrons. The van der Waals surface area contributed by atoms with Crippen molar-refractivity contribution in [1.82, 2.24) is 0 Å². The average Bonchev–Trinajstić information content (AvgIpc) is 2.05. The van der Waals surface area contributed by atoms with E-state index in [1.54, 1.807) is 0 Å². The zero-order chi connectivity index (χ0) is 6.81. The van der Waals surface area contributed by atoms with Crippen molar-refractivity contribution in [3.8, 4) is 0 Å². The van der Waals surface area contributed by atoms with Crippen molar-refractivity contribution in [1.29, 1.82) is 0 Å². The zero-order valence-corrected chi connectivity index (χ0v) is 7.56. The third-order valence-electron chi connectivity index (χ3n) is 1.64. The maximum atomic E-state index is 3.13. The topological polar surface area (TPSA) is 12.0 Å². The van der Waals surface area contributed by atoms with Crippen LogP contribution in [0.4, 0.5) is 5.69 Å². The maximum Gasteiger partial charge on any atom is 0.247 e. The molecule has 0 aromatic heterocycles. The number of para-hydroxylation sites is 1. The Bertz CT molecular complexity index is 241. The van der Waals surface area contributed by atoms with Crippen LogP contribution < -0.4 is 22.3 Å². The highest BCUT2D eigenvalue weighted by molar-refractivity contribution is 5.54. The summed E-state index contributed by atoms with van der Waals surface area (Å²) >= 11 is 0. The number of rotatable bonds is 0. The minimum Gasteiger partial charge on any atom is -1.00 e. The van der Waals surface area contributed by atoms with Crippen molar-refractivity contribution < 1.29 is 17.0 Å². The number of fused-ring (bicyclic) bond motifs is 1. The van der Waals surface area contributed by atoms with Gasteiger partial charge in [0, 0.05) is 11.3 Å². The molecule has 0 amide bonds. The highest BCUT2D eigenvalue weighted by atomic mass is 79.9. The van der Waals surface area contributed by atoms with E-state index in [0.29, 0.717) is 0 Å². The summed E-state index contributed by atoms with van der Waals surface area (Å²) in [6, 6.07) is 8.27. The Morgan fingerprint density at radius 2 is 2.09 bits per heavy atom. The van der Waals surface area contributed by atoms with Crippen molar-refractivity contribution in [2.24, 2.45) is 0 Å². The van der Waals surface area contributed by atoms with Crippen LogP contribution in [0, 0.1) is 6.08 Å². The lowest BCUT2D eigenvalue weighted by molar-refractivity contribution is -0.00000195. The van der Waals surface area contributed by atoms with E-state index in [-0.39, 0.29) is 17.0 Å². The second-order valence-corrected chi connectivity index (χ2v) is 2.33. The highest BCUT2D eigenvalue weighted by Gasteiger charge is 2.09. The Labute approximate surface area is 76.9 Å². The molecule has 1 N–H and O–H groups in total. The maximum absolute atomic E-state index is 3.13. The number of nitrogens with one attached hydrogen (secondary N) is 1. The van der Waals surface area contributed by atoms with Crippen LogP contribution in [0.3, 0.4) is 0 Å². The van der Waals surface area contributed by atoms with Crippen LogP contribution in [0.5, 0.6) is 0 Å². The molecule has 11 heavy (non-hydrogen) atoms. The summed E-state index contributed by atoms with van der Waals surface area (Å²) < 4.78 is 0. The second kappa shape index (κ2) is 3.51. The minimum absolute atomic E-state index is 0. The summed E-state index contributed by atoms with van der Waals surface area (Å²) in [4.78, 5) is 0. The molecule has 1 aromatic carbocycles. The minimum atomic E-state index is 0. The van der Waals surface area contributed by atoms with E-state index in [1.807, 2.05) is 18.3 Å². The van der Waals surface area contributed by atoms with Crippen molar-refractivity contribution in [2.75, 3.05) is 5.32 Å². The first-order valence-corrected chi connectivity index (χ1v) is 3.36. The molecule has 0 saturated carbocycles. The van der Waals surface area contributed by atoms with Gasteiger partial charge in [-0.15, -0.1) is 0 Å². The first-order valence-electron chi connectivity index (χ1n) is 3.36. The van der Waals surface area contributed by atoms with Crippen LogP contribution in [0.1, 0.15) is 5.56 Å². The number of hydrogen-bond acceptors (Lipinski definition) is 1. The van der Waals surface area contributed by atoms with Gasteiger partial charge in [0.15, 0.2) is 6.42 Å². The molecule has 0 aliphatic carbocycles. The molecule has 1 heterocycles. The van der Waals surface area contributed by atoms with Gasteiger partial charge in [0.25, 0.3) is 0 Å². The fraction of sp³-hybridized carbons (Fsp3) is 0.111. The zero-order valence-electron chi connectivity index (χ0n) is 5.97. The molecule has 1 aromatic rings. The van der Waals surface area contributed by atoms with Gasteiger partial charge in [0.05, 0.1) is 0 Å². The highest BCUT2D eigenvalue weighted by Crippen LogP contribution is 2.18. The molecule has 1 aliphatic heterocycles. The molecule has 0 saturated heterocycles. The molecule has 1 nitrogen and oxygen atoms in total. The van der Waals surface area contributed by atoms with E-state index in [4.69, 9.17) is 0 Å². The summed E-state index contributed by atoms with van der Waals surface area (Å²) in [5, 5.41) is 3.13. The Balaban J connectivity index is 0.000000605. The van der Waals surface area contributed by atoms with Gasteiger partial charge in [-0.05, 0) is 6.07 Å². The summed E-state index contributed by atoms with van der Waals surface area (Å²) in [7, 11) is 0. The lowest BCUT2D eigenvalue weighted by atomic mass is 10.1. The van der Waals surface area contributed by atoms with E-state index in [2.05, 4.69) is 23.5 Å². The van der Waals surface area contributed by atoms with Gasteiger partial charge in [-0.3, -0.25) is 0 Å². The standard InChI is InChI=1S/C9H8N.BrH/c1-2-6-9-8(4-1)5-3-7-10-9;/h1-2,4,6-7,10H,5H2;1H/q+1;/p-1. The van der Waals surface area contributed by atoms with Crippen molar-refractivity contribution >= 4 is 5.69 Å². The third-order valence-corrected chi connectivity index (χ3v) is 1.64. The van der Waals surface area contributed by atoms with Crippen molar-refractivity contribution in [3.63, 3.8) is 0 Å². The number of anilines is 1. The second-order valence-electron chi connectivity index (χ2n) is 2.33. The smallest absolute Gasteiger partial charge is 0.247 e. The summed E-state index contributed by atoms with van der Waals surface area (Å²) in [6.45, 7) is 0. The first kappa shape index (κ1) is 8.25. The van der Waals surface area contributed by atoms with Gasteiger partial charge in [-0.2, -0.15) is 0 Å². The Kier molecular flexibility index (Phi) is 2.64. The van der Waals surface area contributed by atoms with Crippen LogP contribution in [-0.4, -0.2) is 0 Å². The molecule has 0 bridgehead atoms. The fourth-order valence-electron chi connectivity index (χ4n) is 1.11. The lowest BCUT2D eigenvalue weighted by Gasteiger charge is -2.03. The number of halogens is 1. The normalized spacial score (nSPS) is 12.0. The molecule has 0 unspecified atom stereocenters. The van der Waals surface area contributed by atoms with Crippen LogP contribution in [0.2, 0.25) is 0 Å². The first-order chi connectivity index (χ1) is 4.97. The average molecular weight is 210 g/mol. The SMILES string of the molecule is [Br-].[C+]1=CNc2ccccc2C1. The summed E-state index contributed by atoms with van der Waals surface area (Å²) in [5.74, 6) is 0. The lowest BCUT2D eigenvalue weighted by Crippen LogP contribution is -3.00. The molecule has 0 fully saturated rings. The monoisotopic (exact) mass is 209 g/mol. The largest absolute Gasteiger partial charge is 1.00 e. The number of benzene rings is 1. The molecule has 0 atom stereocenters. The summed E-state index contributed by atoms with van der Waals surface area (Å²) in [6.07, 6.45) is 5.90. The Morgan fingerprint density at radius 3 is 2.91 bits per heavy atom. The number of hydrogen-bond donors (Lipinski definition) is 1. The number of allylic oxidation sites excluding steroid dienone is 1. The van der Waals surface area contributed by atoms with Crippen molar-refractivity contribution in [3.05, 3.63) is 42.1 Å². The van der Waals surface area contributed by atoms with Gasteiger partial charge in [0.2, 0.25) is 12.3 Å². The Hall–Kier alpha value is -0.850. The van der Waals surface area contributed by atoms with Gasteiger partial charge in [-0.25, -0.2) is 0 Å². The van der Waals surface area contributed by atoms with E-state index in [1.165, 1.54) is 11.3 Å². The van der Waals surface area contributed by atoms with Gasteiger partial charge < -0.3 is 22.3 Å². The van der Waals surface area contributed by atoms with E-state index in [9.17, 15) is 0 Å². The van der Waals surface area contributed by atoms with Crippen LogP contribution >= 0.6 is 0 Å². The van der Waals surface area contributed by atoms with Gasteiger partial charge in [-0.1, -0.05) is 18.2 Å². The predicted octanol–water partition coefficient (Wildman–Crippen LogP) is -1.02. The van der Waals surface area contributed by atoms with Gasteiger partial charge >= 0.3 is 0 Å². The molecule has 56 valence electrons. The quantitative estimate of drug-likeness (QED) is 0.540. The van der Waals surface area contributed by atoms with E-state index < -0.39 is 0 Å². The molecular weight excluding hydrogens is 202 g/mol. The molecule has 0 spiro atoms. The van der Waals surface area contributed by atoms with E-state index in [0.717, 1.165) is 6.42 Å². The Morgan fingerprint density at radius 1 is 1.27 bits per heavy atom. The molecular formula is C9H8BrN. The van der Waals surface area contributed by atoms with E-state index >= 15 is 0 Å². The van der Waals surface area contributed by atoms with Crippen LogP contribution in [0.25, 0.3) is 0 Å². The molecule has 2 rings (SSSR count). The molecule has 2 heteroatoms. The third kappa shape index (κ3) is 1.59. The summed E-state index contributed by atoms with van der Waals surface area (Å²) in [5.41, 5.74) is 2.53.